The first-order chi connectivity index (χ1) is 14.6. The van der Waals surface area contributed by atoms with Crippen molar-refractivity contribution in [3.8, 4) is 5.75 Å². The highest BCUT2D eigenvalue weighted by molar-refractivity contribution is 5.93. The van der Waals surface area contributed by atoms with Gasteiger partial charge in [-0.3, -0.25) is 14.7 Å². The lowest BCUT2D eigenvalue weighted by Crippen LogP contribution is -2.48. The fourth-order valence-electron chi connectivity index (χ4n) is 3.57. The Morgan fingerprint density at radius 2 is 1.93 bits per heavy atom. The van der Waals surface area contributed by atoms with E-state index in [1.807, 2.05) is 67.4 Å². The summed E-state index contributed by atoms with van der Waals surface area (Å²) < 4.78 is 11.2. The van der Waals surface area contributed by atoms with Gasteiger partial charge in [-0.05, 0) is 43.7 Å². The predicted octanol–water partition coefficient (Wildman–Crippen LogP) is 3.22. The van der Waals surface area contributed by atoms with Gasteiger partial charge in [0.1, 0.15) is 18.1 Å². The Bertz CT molecular complexity index is 995. The molecule has 0 N–H and O–H groups in total. The number of piperazine rings is 1. The molecule has 1 fully saturated rings. The Labute approximate surface area is 176 Å². The number of nitrogens with zero attached hydrogens (tertiary/aromatic N) is 4. The molecule has 1 aliphatic heterocycles. The summed E-state index contributed by atoms with van der Waals surface area (Å²) in [6.45, 7) is 7.76. The first-order valence-corrected chi connectivity index (χ1v) is 10.2. The predicted molar refractivity (Wildman–Crippen MR) is 112 cm³/mol. The third-order valence-corrected chi connectivity index (χ3v) is 5.33. The van der Waals surface area contributed by atoms with Crippen LogP contribution in [-0.4, -0.2) is 52.0 Å². The van der Waals surface area contributed by atoms with Gasteiger partial charge in [0.15, 0.2) is 5.69 Å². The molecule has 0 aliphatic carbocycles. The van der Waals surface area contributed by atoms with Crippen LogP contribution in [-0.2, 0) is 13.2 Å². The molecule has 4 rings (SSSR count). The molecule has 1 saturated heterocycles. The van der Waals surface area contributed by atoms with Crippen molar-refractivity contribution < 1.29 is 14.1 Å². The molecule has 7 nitrogen and oxygen atoms in total. The Morgan fingerprint density at radius 1 is 1.10 bits per heavy atom. The fraction of sp³-hybridized carbons (Fsp3) is 0.348. The highest BCUT2D eigenvalue weighted by Gasteiger charge is 2.28. The van der Waals surface area contributed by atoms with Crippen LogP contribution in [0.5, 0.6) is 5.75 Å². The van der Waals surface area contributed by atoms with Gasteiger partial charge in [0.25, 0.3) is 5.91 Å². The van der Waals surface area contributed by atoms with Crippen molar-refractivity contribution in [2.75, 3.05) is 26.2 Å². The standard InChI is InChI=1S/C23H26N4O3/c1-17-6-5-8-20(14-17)29-16-21-18(2)30-25-22(21)23(28)27-12-10-26(11-13-27)15-19-7-3-4-9-24-19/h3-9,14H,10-13,15-16H2,1-2H3. The molecule has 1 aromatic carbocycles. The van der Waals surface area contributed by atoms with Crippen LogP contribution in [0.25, 0.3) is 0 Å². The number of hydrogen-bond donors (Lipinski definition) is 0. The van der Waals surface area contributed by atoms with Gasteiger partial charge < -0.3 is 14.2 Å². The number of carbonyl (C=O) groups is 1. The van der Waals surface area contributed by atoms with Gasteiger partial charge in [-0.2, -0.15) is 0 Å². The molecule has 0 spiro atoms. The molecule has 30 heavy (non-hydrogen) atoms. The van der Waals surface area contributed by atoms with Crippen molar-refractivity contribution in [1.82, 2.24) is 19.9 Å². The number of aryl methyl sites for hydroxylation is 2. The molecule has 0 unspecified atom stereocenters. The number of ether oxygens (including phenoxy) is 1. The van der Waals surface area contributed by atoms with Crippen molar-refractivity contribution in [3.63, 3.8) is 0 Å². The van der Waals surface area contributed by atoms with Crippen LogP contribution in [0.2, 0.25) is 0 Å². The lowest BCUT2D eigenvalue weighted by Gasteiger charge is -2.34. The molecule has 1 aliphatic rings. The zero-order valence-corrected chi connectivity index (χ0v) is 17.4. The van der Waals surface area contributed by atoms with Crippen LogP contribution < -0.4 is 4.74 Å². The number of benzene rings is 1. The molecular weight excluding hydrogens is 380 g/mol. The average molecular weight is 406 g/mol. The molecule has 0 radical (unpaired) electrons. The van der Waals surface area contributed by atoms with E-state index in [2.05, 4.69) is 15.0 Å². The lowest BCUT2D eigenvalue weighted by molar-refractivity contribution is 0.0615. The lowest BCUT2D eigenvalue weighted by atomic mass is 10.1. The molecule has 7 heteroatoms. The molecule has 0 bridgehead atoms. The summed E-state index contributed by atoms with van der Waals surface area (Å²) in [5.74, 6) is 1.27. The molecular formula is C23H26N4O3. The maximum atomic E-state index is 13.1. The molecule has 0 atom stereocenters. The Kier molecular flexibility index (Phi) is 6.09. The average Bonchev–Trinajstić information content (AvgIpc) is 3.13. The van der Waals surface area contributed by atoms with Gasteiger partial charge in [0.05, 0.1) is 11.3 Å². The van der Waals surface area contributed by atoms with E-state index in [-0.39, 0.29) is 12.5 Å². The summed E-state index contributed by atoms with van der Waals surface area (Å²) in [5, 5.41) is 4.04. The van der Waals surface area contributed by atoms with Crippen molar-refractivity contribution in [2.24, 2.45) is 0 Å². The van der Waals surface area contributed by atoms with E-state index < -0.39 is 0 Å². The second kappa shape index (κ2) is 9.09. The minimum absolute atomic E-state index is 0.104. The summed E-state index contributed by atoms with van der Waals surface area (Å²) in [7, 11) is 0. The third-order valence-electron chi connectivity index (χ3n) is 5.33. The number of pyridine rings is 1. The monoisotopic (exact) mass is 406 g/mol. The number of hydrogen-bond acceptors (Lipinski definition) is 6. The number of amides is 1. The smallest absolute Gasteiger partial charge is 0.276 e. The van der Waals surface area contributed by atoms with Crippen molar-refractivity contribution in [2.45, 2.75) is 27.0 Å². The van der Waals surface area contributed by atoms with Gasteiger partial charge in [-0.1, -0.05) is 23.4 Å². The summed E-state index contributed by atoms with van der Waals surface area (Å²) in [6.07, 6.45) is 1.81. The molecule has 3 aromatic rings. The molecule has 2 aromatic heterocycles. The van der Waals surface area contributed by atoms with Gasteiger partial charge in [-0.15, -0.1) is 0 Å². The van der Waals surface area contributed by atoms with Crippen LogP contribution in [0.15, 0.2) is 53.2 Å². The minimum atomic E-state index is -0.104. The van der Waals surface area contributed by atoms with Gasteiger partial charge in [0, 0.05) is 38.9 Å². The van der Waals surface area contributed by atoms with Crippen LogP contribution in [0.3, 0.4) is 0 Å². The highest BCUT2D eigenvalue weighted by Crippen LogP contribution is 2.20. The quantitative estimate of drug-likeness (QED) is 0.626. The van der Waals surface area contributed by atoms with E-state index in [1.54, 1.807) is 0 Å². The topological polar surface area (TPSA) is 71.7 Å². The maximum absolute atomic E-state index is 13.1. The van der Waals surface area contributed by atoms with E-state index in [0.717, 1.165) is 36.6 Å². The zero-order chi connectivity index (χ0) is 20.9. The minimum Gasteiger partial charge on any atom is -0.489 e. The molecule has 0 saturated carbocycles. The summed E-state index contributed by atoms with van der Waals surface area (Å²) in [4.78, 5) is 21.6. The van der Waals surface area contributed by atoms with E-state index in [0.29, 0.717) is 30.1 Å². The highest BCUT2D eigenvalue weighted by atomic mass is 16.5. The van der Waals surface area contributed by atoms with Crippen molar-refractivity contribution in [3.05, 3.63) is 76.9 Å². The second-order valence-corrected chi connectivity index (χ2v) is 7.56. The second-order valence-electron chi connectivity index (χ2n) is 7.56. The first-order valence-electron chi connectivity index (χ1n) is 10.2. The third kappa shape index (κ3) is 4.68. The summed E-state index contributed by atoms with van der Waals surface area (Å²) in [6, 6.07) is 13.8. The van der Waals surface area contributed by atoms with Crippen molar-refractivity contribution in [1.29, 1.82) is 0 Å². The van der Waals surface area contributed by atoms with Crippen molar-refractivity contribution >= 4 is 5.91 Å². The Morgan fingerprint density at radius 3 is 2.67 bits per heavy atom. The van der Waals surface area contributed by atoms with Crippen LogP contribution in [0.4, 0.5) is 0 Å². The van der Waals surface area contributed by atoms with E-state index in [4.69, 9.17) is 9.26 Å². The SMILES string of the molecule is Cc1cccc(OCc2c(C(=O)N3CCN(Cc4ccccn4)CC3)noc2C)c1. The zero-order valence-electron chi connectivity index (χ0n) is 17.4. The maximum Gasteiger partial charge on any atom is 0.276 e. The molecule has 3 heterocycles. The van der Waals surface area contributed by atoms with Gasteiger partial charge in [-0.25, -0.2) is 0 Å². The largest absolute Gasteiger partial charge is 0.489 e. The number of rotatable bonds is 6. The van der Waals surface area contributed by atoms with E-state index >= 15 is 0 Å². The first kappa shape index (κ1) is 20.1. The number of aromatic nitrogens is 2. The fourth-order valence-corrected chi connectivity index (χ4v) is 3.57. The van der Waals surface area contributed by atoms with Gasteiger partial charge in [0.2, 0.25) is 0 Å². The van der Waals surface area contributed by atoms with E-state index in [1.165, 1.54) is 0 Å². The molecule has 156 valence electrons. The van der Waals surface area contributed by atoms with Crippen LogP contribution in [0, 0.1) is 13.8 Å². The number of carbonyl (C=O) groups excluding carboxylic acids is 1. The summed E-state index contributed by atoms with van der Waals surface area (Å²) in [5.41, 5.74) is 3.21. The van der Waals surface area contributed by atoms with E-state index in [9.17, 15) is 4.79 Å². The molecule has 1 amide bonds. The normalized spacial score (nSPS) is 14.7. The van der Waals surface area contributed by atoms with Gasteiger partial charge >= 0.3 is 0 Å². The Balaban J connectivity index is 1.37. The van der Waals surface area contributed by atoms with Crippen LogP contribution in [0.1, 0.15) is 33.1 Å². The Hall–Kier alpha value is -3.19. The van der Waals surface area contributed by atoms with Crippen LogP contribution >= 0.6 is 0 Å². The summed E-state index contributed by atoms with van der Waals surface area (Å²) >= 11 is 0.